The van der Waals surface area contributed by atoms with Gasteiger partial charge in [0.05, 0.1) is 5.69 Å². The van der Waals surface area contributed by atoms with Crippen LogP contribution in [0.1, 0.15) is 5.56 Å². The molecule has 0 spiro atoms. The molecule has 0 bridgehead atoms. The smallest absolute Gasteiger partial charge is 0.187 e. The molecule has 0 amide bonds. The summed E-state index contributed by atoms with van der Waals surface area (Å²) in [6.45, 7) is 1.82. The Hall–Kier alpha value is -2.76. The molecule has 0 unspecified atom stereocenters. The molecule has 2 N–H and O–H groups in total. The quantitative estimate of drug-likeness (QED) is 0.725. The Balaban J connectivity index is 2.12. The minimum Gasteiger partial charge on any atom is -0.399 e. The van der Waals surface area contributed by atoms with E-state index < -0.39 is 0 Å². The highest BCUT2D eigenvalue weighted by Gasteiger charge is 2.11. The van der Waals surface area contributed by atoms with Crippen LogP contribution in [0.4, 0.5) is 10.1 Å². The zero-order chi connectivity index (χ0) is 14.1. The van der Waals surface area contributed by atoms with Crippen LogP contribution < -0.4 is 5.73 Å². The van der Waals surface area contributed by atoms with Crippen molar-refractivity contribution in [2.75, 3.05) is 5.73 Å². The van der Waals surface area contributed by atoms with Crippen LogP contribution in [-0.4, -0.2) is 20.2 Å². The minimum absolute atomic E-state index is 0.321. The van der Waals surface area contributed by atoms with Crippen molar-refractivity contribution < 1.29 is 4.39 Å². The van der Waals surface area contributed by atoms with Gasteiger partial charge in [0.25, 0.3) is 0 Å². The highest BCUT2D eigenvalue weighted by molar-refractivity contribution is 5.60. The second-order valence-corrected chi connectivity index (χ2v) is 4.52. The van der Waals surface area contributed by atoms with Gasteiger partial charge in [0, 0.05) is 11.3 Å². The second kappa shape index (κ2) is 4.73. The van der Waals surface area contributed by atoms with Crippen LogP contribution in [0.15, 0.2) is 42.5 Å². The van der Waals surface area contributed by atoms with Gasteiger partial charge >= 0.3 is 0 Å². The first-order valence-corrected chi connectivity index (χ1v) is 6.05. The van der Waals surface area contributed by atoms with Gasteiger partial charge in [-0.3, -0.25) is 0 Å². The maximum Gasteiger partial charge on any atom is 0.187 e. The molecule has 3 aromatic rings. The minimum atomic E-state index is -0.321. The third-order valence-electron chi connectivity index (χ3n) is 2.91. The van der Waals surface area contributed by atoms with Crippen molar-refractivity contribution in [2.45, 2.75) is 6.92 Å². The summed E-state index contributed by atoms with van der Waals surface area (Å²) in [6, 6.07) is 11.9. The number of nitrogens with two attached hydrogens (primary N) is 1. The van der Waals surface area contributed by atoms with Gasteiger partial charge in [0.15, 0.2) is 5.82 Å². The van der Waals surface area contributed by atoms with Gasteiger partial charge in [0.1, 0.15) is 5.82 Å². The lowest BCUT2D eigenvalue weighted by molar-refractivity contribution is 0.623. The van der Waals surface area contributed by atoms with Crippen molar-refractivity contribution in [3.8, 4) is 17.1 Å². The number of benzene rings is 2. The molecule has 0 fully saturated rings. The van der Waals surface area contributed by atoms with Crippen molar-refractivity contribution in [3.63, 3.8) is 0 Å². The predicted molar refractivity (Wildman–Crippen MR) is 73.7 cm³/mol. The Morgan fingerprint density at radius 1 is 1.10 bits per heavy atom. The van der Waals surface area contributed by atoms with E-state index in [1.165, 1.54) is 16.8 Å². The molecule has 0 radical (unpaired) electrons. The van der Waals surface area contributed by atoms with Gasteiger partial charge in [-0.1, -0.05) is 0 Å². The molecule has 20 heavy (non-hydrogen) atoms. The summed E-state index contributed by atoms with van der Waals surface area (Å²) in [6.07, 6.45) is 0. The first-order valence-electron chi connectivity index (χ1n) is 6.05. The lowest BCUT2D eigenvalue weighted by Gasteiger charge is -2.06. The summed E-state index contributed by atoms with van der Waals surface area (Å²) in [5.41, 5.74) is 8.52. The molecule has 1 heterocycles. The van der Waals surface area contributed by atoms with Crippen LogP contribution in [0.2, 0.25) is 0 Å². The molecule has 0 saturated carbocycles. The van der Waals surface area contributed by atoms with Crippen LogP contribution in [0.3, 0.4) is 0 Å². The van der Waals surface area contributed by atoms with E-state index in [9.17, 15) is 4.39 Å². The zero-order valence-electron chi connectivity index (χ0n) is 10.8. The number of halogens is 1. The Kier molecular flexibility index (Phi) is 2.90. The highest BCUT2D eigenvalue weighted by atomic mass is 19.1. The summed E-state index contributed by atoms with van der Waals surface area (Å²) in [5.74, 6) is 0.216. The van der Waals surface area contributed by atoms with Gasteiger partial charge in [-0.25, -0.2) is 4.39 Å². The fourth-order valence-electron chi connectivity index (χ4n) is 2.01. The first kappa shape index (κ1) is 12.3. The maximum absolute atomic E-state index is 13.5. The molecule has 1 aromatic heterocycles. The molecule has 6 heteroatoms. The second-order valence-electron chi connectivity index (χ2n) is 4.52. The van der Waals surface area contributed by atoms with E-state index in [1.807, 2.05) is 25.1 Å². The number of tetrazole rings is 1. The third kappa shape index (κ3) is 2.23. The number of hydrogen-bond donors (Lipinski definition) is 1. The predicted octanol–water partition coefficient (Wildman–Crippen LogP) is 2.36. The van der Waals surface area contributed by atoms with Crippen molar-refractivity contribution in [3.05, 3.63) is 53.8 Å². The van der Waals surface area contributed by atoms with E-state index >= 15 is 0 Å². The van der Waals surface area contributed by atoms with Gasteiger partial charge in [0.2, 0.25) is 0 Å². The number of nitrogens with zero attached hydrogens (tertiary/aromatic N) is 4. The normalized spacial score (nSPS) is 10.7. The summed E-state index contributed by atoms with van der Waals surface area (Å²) in [5, 5.41) is 11.6. The average Bonchev–Trinajstić information content (AvgIpc) is 2.87. The Labute approximate surface area is 114 Å². The summed E-state index contributed by atoms with van der Waals surface area (Å²) < 4.78 is 15.0. The number of hydrogen-bond acceptors (Lipinski definition) is 4. The molecule has 100 valence electrons. The van der Waals surface area contributed by atoms with Gasteiger partial charge in [-0.2, -0.15) is 4.68 Å². The lowest BCUT2D eigenvalue weighted by Crippen LogP contribution is -2.01. The topological polar surface area (TPSA) is 69.6 Å². The van der Waals surface area contributed by atoms with Gasteiger partial charge in [-0.15, -0.1) is 5.10 Å². The van der Waals surface area contributed by atoms with Crippen molar-refractivity contribution in [2.24, 2.45) is 0 Å². The molecular formula is C14H12FN5. The van der Waals surface area contributed by atoms with Crippen LogP contribution in [0.25, 0.3) is 17.1 Å². The standard InChI is InChI=1S/C14H12FN5/c1-9-6-11(15)8-13(7-9)20-14(17-18-19-20)10-2-4-12(16)5-3-10/h2-8H,16H2,1H3. The largest absolute Gasteiger partial charge is 0.399 e. The zero-order valence-corrected chi connectivity index (χ0v) is 10.8. The Bertz CT molecular complexity index is 728. The van der Waals surface area contributed by atoms with Gasteiger partial charge in [-0.05, 0) is 65.4 Å². The fourth-order valence-corrected chi connectivity index (χ4v) is 2.01. The summed E-state index contributed by atoms with van der Waals surface area (Å²) in [4.78, 5) is 0. The number of nitrogen functional groups attached to an aromatic ring is 1. The van der Waals surface area contributed by atoms with Crippen LogP contribution in [0.5, 0.6) is 0 Å². The molecule has 3 rings (SSSR count). The van der Waals surface area contributed by atoms with E-state index in [2.05, 4.69) is 15.5 Å². The van der Waals surface area contributed by atoms with Crippen molar-refractivity contribution >= 4 is 5.69 Å². The molecule has 0 aliphatic rings. The van der Waals surface area contributed by atoms with E-state index in [1.54, 1.807) is 12.1 Å². The highest BCUT2D eigenvalue weighted by Crippen LogP contribution is 2.21. The van der Waals surface area contributed by atoms with Crippen molar-refractivity contribution in [1.29, 1.82) is 0 Å². The first-order chi connectivity index (χ1) is 9.63. The van der Waals surface area contributed by atoms with Crippen molar-refractivity contribution in [1.82, 2.24) is 20.2 Å². The lowest BCUT2D eigenvalue weighted by atomic mass is 10.2. The molecule has 0 aliphatic heterocycles. The number of aromatic nitrogens is 4. The molecular weight excluding hydrogens is 257 g/mol. The Morgan fingerprint density at radius 2 is 1.85 bits per heavy atom. The summed E-state index contributed by atoms with van der Waals surface area (Å²) >= 11 is 0. The average molecular weight is 269 g/mol. The monoisotopic (exact) mass is 269 g/mol. The van der Waals surface area contributed by atoms with E-state index in [0.29, 0.717) is 17.2 Å². The van der Waals surface area contributed by atoms with Crippen LogP contribution >= 0.6 is 0 Å². The maximum atomic E-state index is 13.5. The fraction of sp³-hybridized carbons (Fsp3) is 0.0714. The molecule has 0 saturated heterocycles. The number of anilines is 1. The van der Waals surface area contributed by atoms with Gasteiger partial charge < -0.3 is 5.73 Å². The molecule has 5 nitrogen and oxygen atoms in total. The van der Waals surface area contributed by atoms with E-state index in [0.717, 1.165) is 11.1 Å². The molecule has 0 aliphatic carbocycles. The molecule has 0 atom stereocenters. The third-order valence-corrected chi connectivity index (χ3v) is 2.91. The van der Waals surface area contributed by atoms with E-state index in [4.69, 9.17) is 5.73 Å². The number of rotatable bonds is 2. The van der Waals surface area contributed by atoms with E-state index in [-0.39, 0.29) is 5.82 Å². The Morgan fingerprint density at radius 3 is 2.55 bits per heavy atom. The molecule has 2 aromatic carbocycles. The SMILES string of the molecule is Cc1cc(F)cc(-n2nnnc2-c2ccc(N)cc2)c1. The van der Waals surface area contributed by atoms with Crippen LogP contribution in [0, 0.1) is 12.7 Å². The van der Waals surface area contributed by atoms with Crippen LogP contribution in [-0.2, 0) is 0 Å². The number of aryl methyl sites for hydroxylation is 1. The summed E-state index contributed by atoms with van der Waals surface area (Å²) in [7, 11) is 0.